The molecule has 146 valence electrons. The van der Waals surface area contributed by atoms with Crippen LogP contribution < -0.4 is 10.3 Å². The monoisotopic (exact) mass is 400 g/mol. The van der Waals surface area contributed by atoms with E-state index >= 15 is 0 Å². The van der Waals surface area contributed by atoms with Crippen LogP contribution in [0.15, 0.2) is 82.4 Å². The van der Waals surface area contributed by atoms with E-state index in [0.717, 1.165) is 5.56 Å². The molecule has 7 nitrogen and oxygen atoms in total. The predicted octanol–water partition coefficient (Wildman–Crippen LogP) is 4.57. The third-order valence-electron chi connectivity index (χ3n) is 4.48. The van der Waals surface area contributed by atoms with E-state index < -0.39 is 0 Å². The predicted molar refractivity (Wildman–Crippen MR) is 108 cm³/mol. The highest BCUT2D eigenvalue weighted by atomic mass is 19.1. The number of rotatable bonds is 4. The van der Waals surface area contributed by atoms with Crippen LogP contribution in [0.1, 0.15) is 0 Å². The molecule has 2 heterocycles. The van der Waals surface area contributed by atoms with E-state index in [1.54, 1.807) is 54.6 Å². The van der Waals surface area contributed by atoms with E-state index in [9.17, 15) is 9.18 Å². The lowest BCUT2D eigenvalue weighted by atomic mass is 10.1. The molecule has 0 fully saturated rings. The van der Waals surface area contributed by atoms with Crippen LogP contribution in [0.2, 0.25) is 0 Å². The van der Waals surface area contributed by atoms with Gasteiger partial charge in [0.05, 0.1) is 17.2 Å². The summed E-state index contributed by atoms with van der Waals surface area (Å²) in [5.74, 6) is 1.54. The summed E-state index contributed by atoms with van der Waals surface area (Å²) in [4.78, 5) is 22.9. The number of nitrogens with zero attached hydrogens (tertiary/aromatic N) is 3. The van der Waals surface area contributed by atoms with Crippen molar-refractivity contribution in [2.45, 2.75) is 0 Å². The fraction of sp³-hybridized carbons (Fsp3) is 0. The molecule has 0 bridgehead atoms. The molecular formula is C22H13FN4O3. The number of ether oxygens (including phenoxy) is 1. The van der Waals surface area contributed by atoms with Gasteiger partial charge in [-0.05, 0) is 60.7 Å². The van der Waals surface area contributed by atoms with Crippen LogP contribution in [0.3, 0.4) is 0 Å². The van der Waals surface area contributed by atoms with Crippen molar-refractivity contribution in [3.05, 3.63) is 89.2 Å². The molecule has 5 rings (SSSR count). The summed E-state index contributed by atoms with van der Waals surface area (Å²) in [6, 6.07) is 18.0. The fourth-order valence-electron chi connectivity index (χ4n) is 2.97. The van der Waals surface area contributed by atoms with Gasteiger partial charge >= 0.3 is 0 Å². The van der Waals surface area contributed by atoms with Gasteiger partial charge in [0.25, 0.3) is 11.4 Å². The lowest BCUT2D eigenvalue weighted by molar-refractivity contribution is 0.432. The topological polar surface area (TPSA) is 93.9 Å². The Labute approximate surface area is 168 Å². The third kappa shape index (κ3) is 3.42. The van der Waals surface area contributed by atoms with Crippen molar-refractivity contribution >= 4 is 10.9 Å². The largest absolute Gasteiger partial charge is 0.457 e. The highest BCUT2D eigenvalue weighted by molar-refractivity contribution is 5.82. The molecule has 0 saturated carbocycles. The van der Waals surface area contributed by atoms with Crippen LogP contribution >= 0.6 is 0 Å². The summed E-state index contributed by atoms with van der Waals surface area (Å²) in [5, 5.41) is 4.51. The molecule has 0 saturated heterocycles. The maximum Gasteiger partial charge on any atom is 0.258 e. The zero-order valence-corrected chi connectivity index (χ0v) is 15.4. The molecule has 30 heavy (non-hydrogen) atoms. The smallest absolute Gasteiger partial charge is 0.258 e. The van der Waals surface area contributed by atoms with E-state index in [2.05, 4.69) is 20.1 Å². The second kappa shape index (κ2) is 7.25. The maximum absolute atomic E-state index is 13.0. The molecule has 0 unspecified atom stereocenters. The first-order valence-electron chi connectivity index (χ1n) is 9.01. The quantitative estimate of drug-likeness (QED) is 0.475. The van der Waals surface area contributed by atoms with E-state index in [-0.39, 0.29) is 11.4 Å². The van der Waals surface area contributed by atoms with Crippen molar-refractivity contribution in [3.63, 3.8) is 0 Å². The molecule has 0 aliphatic carbocycles. The van der Waals surface area contributed by atoms with Crippen molar-refractivity contribution in [3.8, 4) is 34.3 Å². The van der Waals surface area contributed by atoms with Crippen molar-refractivity contribution in [1.29, 1.82) is 0 Å². The Morgan fingerprint density at radius 1 is 0.900 bits per heavy atom. The van der Waals surface area contributed by atoms with Crippen LogP contribution in [0.4, 0.5) is 4.39 Å². The summed E-state index contributed by atoms with van der Waals surface area (Å²) in [6.45, 7) is 0. The molecular weight excluding hydrogens is 387 g/mol. The zero-order valence-electron chi connectivity index (χ0n) is 15.4. The number of hydrogen-bond acceptors (Lipinski definition) is 6. The van der Waals surface area contributed by atoms with E-state index in [4.69, 9.17) is 9.26 Å². The summed E-state index contributed by atoms with van der Waals surface area (Å²) >= 11 is 0. The third-order valence-corrected chi connectivity index (χ3v) is 4.48. The molecule has 5 aromatic rings. The average Bonchev–Trinajstić information content (AvgIpc) is 3.26. The fourth-order valence-corrected chi connectivity index (χ4v) is 2.97. The Kier molecular flexibility index (Phi) is 4.29. The van der Waals surface area contributed by atoms with Crippen LogP contribution in [-0.2, 0) is 0 Å². The minimum atomic E-state index is -0.320. The Morgan fingerprint density at radius 3 is 2.37 bits per heavy atom. The van der Waals surface area contributed by atoms with E-state index in [1.807, 2.05) is 0 Å². The summed E-state index contributed by atoms with van der Waals surface area (Å²) in [5.41, 5.74) is 1.75. The highest BCUT2D eigenvalue weighted by Gasteiger charge is 2.12. The molecule has 0 atom stereocenters. The van der Waals surface area contributed by atoms with Crippen molar-refractivity contribution < 1.29 is 13.7 Å². The lowest BCUT2D eigenvalue weighted by Crippen LogP contribution is -2.05. The number of aromatic nitrogens is 4. The number of benzene rings is 3. The van der Waals surface area contributed by atoms with Crippen LogP contribution in [-0.4, -0.2) is 20.1 Å². The first-order chi connectivity index (χ1) is 14.7. The zero-order chi connectivity index (χ0) is 20.5. The van der Waals surface area contributed by atoms with Gasteiger partial charge in [0.1, 0.15) is 17.3 Å². The van der Waals surface area contributed by atoms with Gasteiger partial charge in [-0.1, -0.05) is 11.2 Å². The maximum atomic E-state index is 13.0. The average molecular weight is 400 g/mol. The molecule has 8 heteroatoms. The van der Waals surface area contributed by atoms with Crippen molar-refractivity contribution in [2.24, 2.45) is 0 Å². The van der Waals surface area contributed by atoms with Crippen LogP contribution in [0, 0.1) is 5.82 Å². The summed E-state index contributed by atoms with van der Waals surface area (Å²) < 4.78 is 24.0. The van der Waals surface area contributed by atoms with Gasteiger partial charge in [-0.15, -0.1) is 0 Å². The Morgan fingerprint density at radius 2 is 1.60 bits per heavy atom. The standard InChI is InChI=1S/C22H13FN4O3/c23-15-4-8-17(9-5-15)29-16-6-1-13(2-7-16)22-26-20(27-30-22)14-3-10-18-19(11-14)24-12-25-21(18)28/h1-12H,(H,24,25,28). The Bertz CT molecular complexity index is 1390. The summed E-state index contributed by atoms with van der Waals surface area (Å²) in [6.07, 6.45) is 1.35. The van der Waals surface area contributed by atoms with Crippen molar-refractivity contribution in [2.75, 3.05) is 0 Å². The van der Waals surface area contributed by atoms with Crippen LogP contribution in [0.5, 0.6) is 11.5 Å². The molecule has 0 radical (unpaired) electrons. The summed E-state index contributed by atoms with van der Waals surface area (Å²) in [7, 11) is 0. The number of aromatic amines is 1. The van der Waals surface area contributed by atoms with Gasteiger partial charge in [-0.2, -0.15) is 4.98 Å². The highest BCUT2D eigenvalue weighted by Crippen LogP contribution is 2.27. The number of nitrogens with one attached hydrogen (secondary N) is 1. The Hall–Kier alpha value is -4.33. The molecule has 0 aliphatic heterocycles. The van der Waals surface area contributed by atoms with Gasteiger partial charge < -0.3 is 14.2 Å². The molecule has 1 N–H and O–H groups in total. The minimum Gasteiger partial charge on any atom is -0.457 e. The molecule has 0 aliphatic rings. The van der Waals surface area contributed by atoms with Gasteiger partial charge in [0.2, 0.25) is 5.82 Å². The first kappa shape index (κ1) is 17.7. The number of H-pyrrole nitrogens is 1. The van der Waals surface area contributed by atoms with E-state index in [0.29, 0.717) is 39.7 Å². The molecule has 2 aromatic heterocycles. The van der Waals surface area contributed by atoms with Gasteiger partial charge in [0.15, 0.2) is 0 Å². The second-order valence-corrected chi connectivity index (χ2v) is 6.47. The lowest BCUT2D eigenvalue weighted by Gasteiger charge is -2.05. The normalized spacial score (nSPS) is 11.0. The molecule has 0 spiro atoms. The molecule has 0 amide bonds. The first-order valence-corrected chi connectivity index (χ1v) is 9.01. The number of hydrogen-bond donors (Lipinski definition) is 1. The Balaban J connectivity index is 1.38. The van der Waals surface area contributed by atoms with Crippen molar-refractivity contribution in [1.82, 2.24) is 20.1 Å². The van der Waals surface area contributed by atoms with E-state index in [1.165, 1.54) is 18.5 Å². The minimum absolute atomic E-state index is 0.205. The molecule has 3 aromatic carbocycles. The second-order valence-electron chi connectivity index (χ2n) is 6.47. The van der Waals surface area contributed by atoms with Gasteiger partial charge in [-0.3, -0.25) is 4.79 Å². The number of halogens is 1. The van der Waals surface area contributed by atoms with Gasteiger partial charge in [-0.25, -0.2) is 9.37 Å². The van der Waals surface area contributed by atoms with Crippen LogP contribution in [0.25, 0.3) is 33.7 Å². The number of fused-ring (bicyclic) bond motifs is 1. The van der Waals surface area contributed by atoms with Gasteiger partial charge in [0, 0.05) is 11.1 Å². The SMILES string of the molecule is O=c1[nH]cnc2cc(-c3noc(-c4ccc(Oc5ccc(F)cc5)cc4)n3)ccc12.